The molecule has 0 amide bonds. The standard InChI is InChI=1S/C29H31N7/c1-2-5-23(6-3-1)25-12-15-32(25)17-22-35-14-11-24-9-10-27(31-29(24)35)33-18-20-34(21-19-33)28-8-4-7-26-30-13-16-36(26)28/h1-11,13-14,16,25H,12,15,17-22H2. The summed E-state index contributed by atoms with van der Waals surface area (Å²) in [5, 5.41) is 1.22. The van der Waals surface area contributed by atoms with Gasteiger partial charge in [0.2, 0.25) is 0 Å². The van der Waals surface area contributed by atoms with Gasteiger partial charge in [0.25, 0.3) is 0 Å². The van der Waals surface area contributed by atoms with E-state index < -0.39 is 0 Å². The van der Waals surface area contributed by atoms with Crippen molar-refractivity contribution in [1.29, 1.82) is 0 Å². The lowest BCUT2D eigenvalue weighted by molar-refractivity contribution is 0.0867. The number of piperazine rings is 1. The summed E-state index contributed by atoms with van der Waals surface area (Å²) < 4.78 is 4.50. The Hall–Kier alpha value is -3.84. The van der Waals surface area contributed by atoms with Crippen LogP contribution in [0.1, 0.15) is 18.0 Å². The first-order valence-corrected chi connectivity index (χ1v) is 13.0. The fourth-order valence-corrected chi connectivity index (χ4v) is 5.76. The third kappa shape index (κ3) is 3.80. The Labute approximate surface area is 211 Å². The number of imidazole rings is 1. The predicted octanol–water partition coefficient (Wildman–Crippen LogP) is 4.46. The molecule has 2 aliphatic rings. The second kappa shape index (κ2) is 8.99. The summed E-state index contributed by atoms with van der Waals surface area (Å²) in [4.78, 5) is 17.0. The van der Waals surface area contributed by atoms with Crippen LogP contribution in [0.2, 0.25) is 0 Å². The fraction of sp³-hybridized carbons (Fsp3) is 0.310. The number of fused-ring (bicyclic) bond motifs is 2. The van der Waals surface area contributed by atoms with Gasteiger partial charge in [-0.1, -0.05) is 36.4 Å². The lowest BCUT2D eigenvalue weighted by atomic mass is 9.95. The van der Waals surface area contributed by atoms with E-state index in [1.807, 2.05) is 12.4 Å². The molecule has 2 fully saturated rings. The van der Waals surface area contributed by atoms with Crippen molar-refractivity contribution >= 4 is 28.3 Å². The van der Waals surface area contributed by atoms with Crippen LogP contribution in [-0.4, -0.2) is 63.1 Å². The second-order valence-electron chi connectivity index (χ2n) is 9.86. The molecular weight excluding hydrogens is 446 g/mol. The summed E-state index contributed by atoms with van der Waals surface area (Å²) in [6, 6.07) is 24.4. The maximum Gasteiger partial charge on any atom is 0.142 e. The van der Waals surface area contributed by atoms with Gasteiger partial charge in [-0.05, 0) is 42.3 Å². The molecule has 2 saturated heterocycles. The van der Waals surface area contributed by atoms with Gasteiger partial charge >= 0.3 is 0 Å². The summed E-state index contributed by atoms with van der Waals surface area (Å²) >= 11 is 0. The molecule has 5 aromatic rings. The van der Waals surface area contributed by atoms with Crippen LogP contribution in [0.4, 0.5) is 11.6 Å². The molecule has 7 heteroatoms. The van der Waals surface area contributed by atoms with Crippen LogP contribution >= 0.6 is 0 Å². The molecule has 0 bridgehead atoms. The Balaban J connectivity index is 1.04. The monoisotopic (exact) mass is 477 g/mol. The molecule has 7 rings (SSSR count). The summed E-state index contributed by atoms with van der Waals surface area (Å²) in [7, 11) is 0. The van der Waals surface area contributed by atoms with Crippen molar-refractivity contribution < 1.29 is 0 Å². The predicted molar refractivity (Wildman–Crippen MR) is 145 cm³/mol. The van der Waals surface area contributed by atoms with Crippen molar-refractivity contribution in [2.45, 2.75) is 19.0 Å². The average Bonchev–Trinajstić information content (AvgIpc) is 3.56. The zero-order valence-electron chi connectivity index (χ0n) is 20.4. The highest BCUT2D eigenvalue weighted by atomic mass is 15.3. The van der Waals surface area contributed by atoms with Gasteiger partial charge in [0.1, 0.15) is 22.9 Å². The van der Waals surface area contributed by atoms with E-state index in [-0.39, 0.29) is 0 Å². The van der Waals surface area contributed by atoms with Gasteiger partial charge in [-0.2, -0.15) is 0 Å². The molecule has 1 aromatic carbocycles. The number of aromatic nitrogens is 4. The Kier molecular flexibility index (Phi) is 5.35. The number of pyridine rings is 2. The first-order valence-electron chi connectivity index (χ1n) is 13.0. The maximum absolute atomic E-state index is 5.13. The number of likely N-dealkylation sites (tertiary alicyclic amines) is 1. The van der Waals surface area contributed by atoms with Gasteiger partial charge in [0, 0.05) is 75.8 Å². The highest BCUT2D eigenvalue weighted by molar-refractivity contribution is 5.78. The average molecular weight is 478 g/mol. The second-order valence-corrected chi connectivity index (χ2v) is 9.86. The van der Waals surface area contributed by atoms with Crippen LogP contribution in [0.25, 0.3) is 16.7 Å². The first kappa shape index (κ1) is 21.4. The molecule has 0 aliphatic carbocycles. The fourth-order valence-electron chi connectivity index (χ4n) is 5.76. The minimum absolute atomic E-state index is 0.556. The molecule has 7 nitrogen and oxygen atoms in total. The van der Waals surface area contributed by atoms with E-state index >= 15 is 0 Å². The normalized spacial score (nSPS) is 18.7. The molecule has 2 aliphatic heterocycles. The molecule has 0 radical (unpaired) electrons. The number of hydrogen-bond acceptors (Lipinski definition) is 5. The largest absolute Gasteiger partial charge is 0.354 e. The number of nitrogens with zero attached hydrogens (tertiary/aromatic N) is 7. The first-order chi connectivity index (χ1) is 17.8. The van der Waals surface area contributed by atoms with E-state index in [2.05, 4.69) is 102 Å². The summed E-state index contributed by atoms with van der Waals surface area (Å²) in [6.45, 7) is 7.03. The van der Waals surface area contributed by atoms with Gasteiger partial charge in [0.15, 0.2) is 0 Å². The van der Waals surface area contributed by atoms with Crippen molar-refractivity contribution in [2.24, 2.45) is 0 Å². The number of benzene rings is 1. The Morgan fingerprint density at radius 3 is 2.44 bits per heavy atom. The van der Waals surface area contributed by atoms with Crippen LogP contribution in [0, 0.1) is 0 Å². The molecule has 182 valence electrons. The van der Waals surface area contributed by atoms with E-state index in [1.165, 1.54) is 29.7 Å². The topological polar surface area (TPSA) is 44.8 Å². The third-order valence-electron chi connectivity index (χ3n) is 7.87. The number of anilines is 2. The van der Waals surface area contributed by atoms with Crippen LogP contribution in [-0.2, 0) is 6.54 Å². The molecule has 0 saturated carbocycles. The van der Waals surface area contributed by atoms with Gasteiger partial charge in [-0.25, -0.2) is 9.97 Å². The van der Waals surface area contributed by atoms with E-state index in [0.29, 0.717) is 6.04 Å². The smallest absolute Gasteiger partial charge is 0.142 e. The zero-order chi connectivity index (χ0) is 23.9. The van der Waals surface area contributed by atoms with E-state index in [9.17, 15) is 0 Å². The minimum Gasteiger partial charge on any atom is -0.354 e. The quantitative estimate of drug-likeness (QED) is 0.361. The summed E-state index contributed by atoms with van der Waals surface area (Å²) in [5.41, 5.74) is 3.52. The van der Waals surface area contributed by atoms with E-state index in [1.54, 1.807) is 0 Å². The molecule has 1 unspecified atom stereocenters. The van der Waals surface area contributed by atoms with Gasteiger partial charge in [-0.3, -0.25) is 9.30 Å². The molecule has 4 aromatic heterocycles. The van der Waals surface area contributed by atoms with Crippen LogP contribution < -0.4 is 9.80 Å². The maximum atomic E-state index is 5.13. The molecule has 6 heterocycles. The van der Waals surface area contributed by atoms with Crippen molar-refractivity contribution in [3.8, 4) is 0 Å². The van der Waals surface area contributed by atoms with Gasteiger partial charge in [0.05, 0.1) is 0 Å². The van der Waals surface area contributed by atoms with Crippen LogP contribution in [0.15, 0.2) is 85.3 Å². The molecule has 36 heavy (non-hydrogen) atoms. The van der Waals surface area contributed by atoms with Crippen molar-refractivity contribution in [3.63, 3.8) is 0 Å². The third-order valence-corrected chi connectivity index (χ3v) is 7.87. The number of rotatable bonds is 6. The SMILES string of the molecule is c1ccc(C2CCN2CCn2ccc3ccc(N4CCN(c5cccc6nccn56)CC4)nc32)cc1. The summed E-state index contributed by atoms with van der Waals surface area (Å²) in [6.07, 6.45) is 7.36. The van der Waals surface area contributed by atoms with Crippen molar-refractivity contribution in [3.05, 3.63) is 90.9 Å². The van der Waals surface area contributed by atoms with Crippen molar-refractivity contribution in [2.75, 3.05) is 49.1 Å². The van der Waals surface area contributed by atoms with Crippen molar-refractivity contribution in [1.82, 2.24) is 23.8 Å². The van der Waals surface area contributed by atoms with Crippen LogP contribution in [0.3, 0.4) is 0 Å². The van der Waals surface area contributed by atoms with Crippen LogP contribution in [0.5, 0.6) is 0 Å². The highest BCUT2D eigenvalue weighted by Gasteiger charge is 2.28. The Bertz CT molecular complexity index is 1480. The zero-order valence-corrected chi connectivity index (χ0v) is 20.4. The summed E-state index contributed by atoms with van der Waals surface area (Å²) in [5.74, 6) is 2.29. The molecule has 1 atom stereocenters. The van der Waals surface area contributed by atoms with Gasteiger partial charge < -0.3 is 14.4 Å². The lowest BCUT2D eigenvalue weighted by Crippen LogP contribution is -2.47. The molecule has 0 N–H and O–H groups in total. The molecular formula is C29H31N7. The van der Waals surface area contributed by atoms with E-state index in [4.69, 9.17) is 4.98 Å². The molecule has 0 spiro atoms. The Morgan fingerprint density at radius 1 is 0.750 bits per heavy atom. The Morgan fingerprint density at radius 2 is 1.61 bits per heavy atom. The van der Waals surface area contributed by atoms with Gasteiger partial charge in [-0.15, -0.1) is 0 Å². The highest BCUT2D eigenvalue weighted by Crippen LogP contribution is 2.33. The minimum atomic E-state index is 0.556. The number of hydrogen-bond donors (Lipinski definition) is 0. The lowest BCUT2D eigenvalue weighted by Gasteiger charge is -2.41. The van der Waals surface area contributed by atoms with E-state index in [0.717, 1.165) is 56.4 Å².